The van der Waals surface area contributed by atoms with E-state index in [0.717, 1.165) is 24.3 Å². The van der Waals surface area contributed by atoms with Crippen molar-refractivity contribution in [2.45, 2.75) is 17.9 Å². The molecule has 0 aromatic heterocycles. The summed E-state index contributed by atoms with van der Waals surface area (Å²) in [5.41, 5.74) is -5.93. The highest BCUT2D eigenvalue weighted by molar-refractivity contribution is 6.33. The second-order valence-electron chi connectivity index (χ2n) is 7.05. The van der Waals surface area contributed by atoms with Crippen molar-refractivity contribution in [1.29, 1.82) is 0 Å². The van der Waals surface area contributed by atoms with Gasteiger partial charge in [0.2, 0.25) is 5.91 Å². The molecule has 3 amide bonds. The van der Waals surface area contributed by atoms with E-state index in [4.69, 9.17) is 0 Å². The molecule has 4 rings (SSSR count). The quantitative estimate of drug-likeness (QED) is 0.665. The number of carbonyl (C=O) groups is 2. The SMILES string of the molecule is O=C1NC(=O)N(c2ccccc2F)C2=NC(c3ccccc3)=NC(C(F)(F)F)(C(F)(F)F)C12. The molecular weight excluding hydrogens is 461 g/mol. The summed E-state index contributed by atoms with van der Waals surface area (Å²) in [5.74, 6) is -8.49. The average molecular weight is 472 g/mol. The molecule has 0 bridgehead atoms. The van der Waals surface area contributed by atoms with Gasteiger partial charge in [0.05, 0.1) is 5.69 Å². The Bertz CT molecular complexity index is 1170. The van der Waals surface area contributed by atoms with Gasteiger partial charge in [0, 0.05) is 5.56 Å². The van der Waals surface area contributed by atoms with Crippen molar-refractivity contribution < 1.29 is 40.3 Å². The van der Waals surface area contributed by atoms with Crippen LogP contribution in [0, 0.1) is 11.7 Å². The maximum atomic E-state index is 14.4. The summed E-state index contributed by atoms with van der Waals surface area (Å²) in [6.45, 7) is 0. The molecule has 172 valence electrons. The van der Waals surface area contributed by atoms with Gasteiger partial charge >= 0.3 is 18.4 Å². The summed E-state index contributed by atoms with van der Waals surface area (Å²) in [6, 6.07) is 9.11. The van der Waals surface area contributed by atoms with Crippen molar-refractivity contribution >= 4 is 29.3 Å². The van der Waals surface area contributed by atoms with Crippen LogP contribution in [-0.4, -0.2) is 41.5 Å². The molecule has 6 nitrogen and oxygen atoms in total. The molecule has 0 spiro atoms. The van der Waals surface area contributed by atoms with Crippen LogP contribution in [0.25, 0.3) is 0 Å². The molecule has 0 saturated carbocycles. The molecule has 2 aliphatic heterocycles. The highest BCUT2D eigenvalue weighted by Crippen LogP contribution is 2.53. The number of benzene rings is 2. The summed E-state index contributed by atoms with van der Waals surface area (Å²) in [7, 11) is 0. The Balaban J connectivity index is 2.08. The molecule has 2 heterocycles. The number of nitrogens with one attached hydrogen (secondary N) is 1. The number of hydrogen-bond donors (Lipinski definition) is 1. The smallest absolute Gasteiger partial charge is 0.277 e. The molecule has 2 aromatic rings. The van der Waals surface area contributed by atoms with Crippen LogP contribution in [-0.2, 0) is 4.79 Å². The van der Waals surface area contributed by atoms with E-state index in [9.17, 15) is 40.3 Å². The molecule has 2 aliphatic rings. The zero-order valence-electron chi connectivity index (χ0n) is 16.1. The Morgan fingerprint density at radius 3 is 2.03 bits per heavy atom. The number of anilines is 1. The first-order valence-electron chi connectivity index (χ1n) is 9.15. The van der Waals surface area contributed by atoms with Crippen LogP contribution in [0.3, 0.4) is 0 Å². The van der Waals surface area contributed by atoms with Gasteiger partial charge in [0.25, 0.3) is 5.54 Å². The number of fused-ring (bicyclic) bond motifs is 1. The number of aliphatic imine (C=N–C) groups is 2. The summed E-state index contributed by atoms with van der Waals surface area (Å²) in [4.78, 5) is 31.8. The van der Waals surface area contributed by atoms with Gasteiger partial charge in [-0.15, -0.1) is 0 Å². The van der Waals surface area contributed by atoms with Gasteiger partial charge in [-0.1, -0.05) is 42.5 Å². The normalized spacial score (nSPS) is 20.6. The minimum absolute atomic E-state index is 0.186. The Hall–Kier alpha value is -3.77. The summed E-state index contributed by atoms with van der Waals surface area (Å²) >= 11 is 0. The number of rotatable bonds is 2. The Labute approximate surface area is 180 Å². The fourth-order valence-electron chi connectivity index (χ4n) is 3.64. The number of urea groups is 1. The Morgan fingerprint density at radius 2 is 1.45 bits per heavy atom. The van der Waals surface area contributed by atoms with E-state index in [0.29, 0.717) is 0 Å². The minimum Gasteiger partial charge on any atom is -0.277 e. The van der Waals surface area contributed by atoms with Gasteiger partial charge in [-0.25, -0.2) is 24.1 Å². The first kappa shape index (κ1) is 22.4. The van der Waals surface area contributed by atoms with E-state index in [1.807, 2.05) is 0 Å². The van der Waals surface area contributed by atoms with Gasteiger partial charge in [0.1, 0.15) is 17.6 Å². The molecule has 33 heavy (non-hydrogen) atoms. The number of alkyl halides is 6. The first-order valence-corrected chi connectivity index (χ1v) is 9.15. The predicted molar refractivity (Wildman–Crippen MR) is 101 cm³/mol. The van der Waals surface area contributed by atoms with E-state index in [1.54, 1.807) is 0 Å². The fourth-order valence-corrected chi connectivity index (χ4v) is 3.64. The number of amidine groups is 2. The lowest BCUT2D eigenvalue weighted by Gasteiger charge is -2.45. The van der Waals surface area contributed by atoms with Gasteiger partial charge in [0.15, 0.2) is 5.84 Å². The molecular formula is C20H11F7N4O2. The van der Waals surface area contributed by atoms with Crippen molar-refractivity contribution in [3.8, 4) is 0 Å². The molecule has 1 unspecified atom stereocenters. The zero-order valence-corrected chi connectivity index (χ0v) is 16.1. The number of para-hydroxylation sites is 1. The molecule has 1 atom stereocenters. The van der Waals surface area contributed by atoms with Crippen molar-refractivity contribution in [3.63, 3.8) is 0 Å². The third kappa shape index (κ3) is 3.34. The van der Waals surface area contributed by atoms with Gasteiger partial charge in [-0.05, 0) is 12.1 Å². The lowest BCUT2D eigenvalue weighted by Crippen LogP contribution is -2.73. The lowest BCUT2D eigenvalue weighted by atomic mass is 9.78. The number of nitrogens with zero attached hydrogens (tertiary/aromatic N) is 3. The van der Waals surface area contributed by atoms with Crippen LogP contribution in [0.5, 0.6) is 0 Å². The van der Waals surface area contributed by atoms with Crippen LogP contribution in [0.4, 0.5) is 41.2 Å². The van der Waals surface area contributed by atoms with Crippen LogP contribution in [0.2, 0.25) is 0 Å². The van der Waals surface area contributed by atoms with E-state index in [2.05, 4.69) is 9.98 Å². The molecule has 0 radical (unpaired) electrons. The van der Waals surface area contributed by atoms with Gasteiger partial charge in [-0.3, -0.25) is 10.1 Å². The number of hydrogen-bond acceptors (Lipinski definition) is 4. The number of halogens is 7. The summed E-state index contributed by atoms with van der Waals surface area (Å²) in [5, 5.41) is 1.44. The largest absolute Gasteiger partial charge is 0.423 e. The van der Waals surface area contributed by atoms with E-state index >= 15 is 0 Å². The monoisotopic (exact) mass is 472 g/mol. The third-order valence-corrected chi connectivity index (χ3v) is 5.09. The maximum Gasteiger partial charge on any atom is 0.423 e. The van der Waals surface area contributed by atoms with E-state index < -0.39 is 58.9 Å². The van der Waals surface area contributed by atoms with Crippen LogP contribution in [0.1, 0.15) is 5.56 Å². The predicted octanol–water partition coefficient (Wildman–Crippen LogP) is 4.22. The third-order valence-electron chi connectivity index (χ3n) is 5.09. The van der Waals surface area contributed by atoms with E-state index in [-0.39, 0.29) is 10.5 Å². The zero-order chi connectivity index (χ0) is 24.2. The minimum atomic E-state index is -6.14. The highest BCUT2D eigenvalue weighted by Gasteiger charge is 2.79. The highest BCUT2D eigenvalue weighted by atomic mass is 19.4. The van der Waals surface area contributed by atoms with Crippen molar-refractivity contribution in [3.05, 3.63) is 66.0 Å². The molecule has 1 saturated heterocycles. The summed E-state index contributed by atoms with van der Waals surface area (Å²) < 4.78 is 99.6. The second-order valence-corrected chi connectivity index (χ2v) is 7.05. The standard InChI is InChI=1S/C20H11F7N4O2/c21-11-8-4-5-9-12(11)31-15-13(16(32)29-17(31)33)18(19(22,23)24,20(25,26)27)30-14(28-15)10-6-2-1-3-7-10/h1-9,13H,(H,29,32,33). The second kappa shape index (κ2) is 7.39. The van der Waals surface area contributed by atoms with Gasteiger partial charge < -0.3 is 0 Å². The molecule has 1 fully saturated rings. The molecule has 13 heteroatoms. The number of imide groups is 1. The Morgan fingerprint density at radius 1 is 0.879 bits per heavy atom. The van der Waals surface area contributed by atoms with Crippen molar-refractivity contribution in [2.24, 2.45) is 15.9 Å². The van der Waals surface area contributed by atoms with Crippen molar-refractivity contribution in [1.82, 2.24) is 5.32 Å². The summed E-state index contributed by atoms with van der Waals surface area (Å²) in [6.07, 6.45) is -12.3. The lowest BCUT2D eigenvalue weighted by molar-refractivity contribution is -0.302. The fraction of sp³-hybridized carbons (Fsp3) is 0.200. The topological polar surface area (TPSA) is 74.1 Å². The average Bonchev–Trinajstić information content (AvgIpc) is 2.73. The first-order chi connectivity index (χ1) is 15.4. The molecule has 2 aromatic carbocycles. The number of carbonyl (C=O) groups excluding carboxylic acids is 2. The number of amides is 3. The maximum absolute atomic E-state index is 14.4. The van der Waals surface area contributed by atoms with Crippen molar-refractivity contribution in [2.75, 3.05) is 4.90 Å². The van der Waals surface area contributed by atoms with Gasteiger partial charge in [-0.2, -0.15) is 26.3 Å². The van der Waals surface area contributed by atoms with E-state index in [1.165, 1.54) is 35.6 Å². The van der Waals surface area contributed by atoms with Crippen LogP contribution < -0.4 is 10.2 Å². The van der Waals surface area contributed by atoms with Crippen LogP contribution in [0.15, 0.2) is 64.6 Å². The van der Waals surface area contributed by atoms with Crippen LogP contribution >= 0.6 is 0 Å². The molecule has 0 aliphatic carbocycles. The molecule has 1 N–H and O–H groups in total. The Kier molecular flexibility index (Phi) is 5.02.